The van der Waals surface area contributed by atoms with Crippen molar-refractivity contribution >= 4 is 11.6 Å². The number of ketones is 2. The van der Waals surface area contributed by atoms with E-state index in [0.717, 1.165) is 17.0 Å². The minimum atomic E-state index is -0.812. The van der Waals surface area contributed by atoms with Crippen LogP contribution in [-0.4, -0.2) is 42.0 Å². The first kappa shape index (κ1) is 22.9. The Balaban J connectivity index is 1.73. The molecule has 0 aromatic heterocycles. The first-order valence-corrected chi connectivity index (χ1v) is 11.0. The van der Waals surface area contributed by atoms with Gasteiger partial charge in [0.15, 0.2) is 23.6 Å². The number of ether oxygens (including phenoxy) is 4. The molecule has 7 heteroatoms. The van der Waals surface area contributed by atoms with Crippen LogP contribution in [0, 0.1) is 5.92 Å². The van der Waals surface area contributed by atoms with E-state index in [9.17, 15) is 9.59 Å². The molecule has 2 saturated heterocycles. The molecule has 3 aliphatic heterocycles. The second-order valence-corrected chi connectivity index (χ2v) is 9.12. The minimum Gasteiger partial charge on any atom is -0.368 e. The van der Waals surface area contributed by atoms with Gasteiger partial charge in [-0.15, -0.1) is 0 Å². The lowest BCUT2D eigenvalue weighted by Crippen LogP contribution is -2.45. The first-order valence-electron chi connectivity index (χ1n) is 11.0. The van der Waals surface area contributed by atoms with Gasteiger partial charge in [-0.1, -0.05) is 30.3 Å². The average Bonchev–Trinajstić information content (AvgIpc) is 3.17. The number of rotatable bonds is 6. The van der Waals surface area contributed by atoms with E-state index in [1.807, 2.05) is 58.0 Å². The van der Waals surface area contributed by atoms with Crippen molar-refractivity contribution in [3.63, 3.8) is 0 Å². The number of carbonyl (C=O) groups is 2. The molecule has 2 fully saturated rings. The number of nitrogens with one attached hydrogen (secondary N) is 1. The number of benzene rings is 1. The monoisotopic (exact) mass is 441 g/mol. The summed E-state index contributed by atoms with van der Waals surface area (Å²) in [6, 6.07) is 9.83. The number of hydrogen-bond acceptors (Lipinski definition) is 7. The molecule has 3 aliphatic rings. The van der Waals surface area contributed by atoms with Crippen molar-refractivity contribution in [2.75, 3.05) is 0 Å². The standard InChI is InChI=1S/C25H31NO6/c1-13-18(15(3)27)20(19(16(4)28)14(2)26-13)21-22(29-12-17-10-8-7-9-11-17)23-24(30-21)32-25(5,6)31-23/h7-11,20-24,26H,12H2,1-6H3/t21-,22+,23-,24-/m0/s1. The molecule has 3 heterocycles. The Kier molecular flexibility index (Phi) is 6.11. The molecule has 1 N–H and O–H groups in total. The summed E-state index contributed by atoms with van der Waals surface area (Å²) >= 11 is 0. The van der Waals surface area contributed by atoms with Gasteiger partial charge < -0.3 is 24.3 Å². The molecule has 0 saturated carbocycles. The summed E-state index contributed by atoms with van der Waals surface area (Å²) in [6.07, 6.45) is -2.27. The third kappa shape index (κ3) is 4.18. The number of dihydropyridines is 1. The van der Waals surface area contributed by atoms with Crippen molar-refractivity contribution in [2.24, 2.45) is 5.92 Å². The molecule has 1 aromatic rings. The number of fused-ring (bicyclic) bond motifs is 1. The van der Waals surface area contributed by atoms with Crippen LogP contribution < -0.4 is 5.32 Å². The molecule has 0 unspecified atom stereocenters. The van der Waals surface area contributed by atoms with E-state index in [-0.39, 0.29) is 11.6 Å². The number of allylic oxidation sites excluding steroid dienone is 2. The molecule has 32 heavy (non-hydrogen) atoms. The summed E-state index contributed by atoms with van der Waals surface area (Å²) in [4.78, 5) is 25.4. The van der Waals surface area contributed by atoms with Gasteiger partial charge in [0.1, 0.15) is 18.3 Å². The zero-order valence-corrected chi connectivity index (χ0v) is 19.4. The molecular formula is C25H31NO6. The van der Waals surface area contributed by atoms with Crippen LogP contribution in [0.25, 0.3) is 0 Å². The highest BCUT2D eigenvalue weighted by Gasteiger charge is 2.59. The van der Waals surface area contributed by atoms with Gasteiger partial charge in [-0.05, 0) is 47.1 Å². The predicted molar refractivity (Wildman–Crippen MR) is 117 cm³/mol. The fourth-order valence-electron chi connectivity index (χ4n) is 5.05. The lowest BCUT2D eigenvalue weighted by molar-refractivity contribution is -0.222. The Labute approximate surface area is 188 Å². The molecule has 1 aromatic carbocycles. The van der Waals surface area contributed by atoms with E-state index in [4.69, 9.17) is 18.9 Å². The Morgan fingerprint density at radius 2 is 1.56 bits per heavy atom. The van der Waals surface area contributed by atoms with Crippen LogP contribution in [0.3, 0.4) is 0 Å². The van der Waals surface area contributed by atoms with Crippen LogP contribution in [0.2, 0.25) is 0 Å². The molecule has 0 amide bonds. The maximum atomic E-state index is 12.7. The predicted octanol–water partition coefficient (Wildman–Crippen LogP) is 3.39. The summed E-state index contributed by atoms with van der Waals surface area (Å²) in [5, 5.41) is 3.19. The van der Waals surface area contributed by atoms with E-state index >= 15 is 0 Å². The van der Waals surface area contributed by atoms with Gasteiger partial charge in [0.25, 0.3) is 0 Å². The molecule has 0 spiro atoms. The molecule has 7 nitrogen and oxygen atoms in total. The van der Waals surface area contributed by atoms with E-state index in [1.54, 1.807) is 0 Å². The smallest absolute Gasteiger partial charge is 0.190 e. The van der Waals surface area contributed by atoms with Crippen LogP contribution in [0.15, 0.2) is 52.9 Å². The third-order valence-electron chi connectivity index (χ3n) is 6.20. The van der Waals surface area contributed by atoms with Crippen LogP contribution in [0.4, 0.5) is 0 Å². The van der Waals surface area contributed by atoms with Crippen molar-refractivity contribution < 1.29 is 28.5 Å². The molecule has 0 radical (unpaired) electrons. The Morgan fingerprint density at radius 3 is 2.12 bits per heavy atom. The molecule has 0 aliphatic carbocycles. The van der Waals surface area contributed by atoms with Gasteiger partial charge in [-0.3, -0.25) is 9.59 Å². The van der Waals surface area contributed by atoms with Crippen molar-refractivity contribution in [3.05, 3.63) is 58.4 Å². The molecule has 4 rings (SSSR count). The summed E-state index contributed by atoms with van der Waals surface area (Å²) in [5.41, 5.74) is 3.50. The van der Waals surface area contributed by atoms with Gasteiger partial charge >= 0.3 is 0 Å². The summed E-state index contributed by atoms with van der Waals surface area (Å²) in [5.74, 6) is -1.62. The highest BCUT2D eigenvalue weighted by atomic mass is 16.8. The van der Waals surface area contributed by atoms with Gasteiger partial charge in [0.2, 0.25) is 0 Å². The number of hydrogen-bond donors (Lipinski definition) is 1. The summed E-state index contributed by atoms with van der Waals surface area (Å²) in [7, 11) is 0. The lowest BCUT2D eigenvalue weighted by atomic mass is 9.77. The van der Waals surface area contributed by atoms with E-state index in [2.05, 4.69) is 5.32 Å². The Bertz CT molecular complexity index is 943. The van der Waals surface area contributed by atoms with Crippen LogP contribution in [0.5, 0.6) is 0 Å². The van der Waals surface area contributed by atoms with E-state index in [1.165, 1.54) is 13.8 Å². The molecule has 172 valence electrons. The van der Waals surface area contributed by atoms with Crippen molar-refractivity contribution in [3.8, 4) is 0 Å². The van der Waals surface area contributed by atoms with Crippen LogP contribution in [0.1, 0.15) is 47.1 Å². The quantitative estimate of drug-likeness (QED) is 0.724. The normalized spacial score (nSPS) is 29.8. The van der Waals surface area contributed by atoms with Crippen LogP contribution in [-0.2, 0) is 35.1 Å². The van der Waals surface area contributed by atoms with E-state index in [0.29, 0.717) is 17.8 Å². The molecule has 0 bridgehead atoms. The third-order valence-corrected chi connectivity index (χ3v) is 6.20. The molecular weight excluding hydrogens is 410 g/mol. The topological polar surface area (TPSA) is 83.1 Å². The van der Waals surface area contributed by atoms with Crippen molar-refractivity contribution in [1.29, 1.82) is 0 Å². The highest BCUT2D eigenvalue weighted by Crippen LogP contribution is 2.46. The maximum absolute atomic E-state index is 12.7. The average molecular weight is 442 g/mol. The van der Waals surface area contributed by atoms with Gasteiger partial charge in [-0.2, -0.15) is 0 Å². The SMILES string of the molecule is CC(=O)C1=C(C)NC(C)=C(C(C)=O)C1[C@@H]1O[C@H]2OC(C)(C)O[C@H]2[C@@H]1OCc1ccccc1. The largest absolute Gasteiger partial charge is 0.368 e. The molecule has 4 atom stereocenters. The van der Waals surface area contributed by atoms with Gasteiger partial charge in [0.05, 0.1) is 6.61 Å². The maximum Gasteiger partial charge on any atom is 0.190 e. The highest BCUT2D eigenvalue weighted by molar-refractivity contribution is 6.02. The second kappa shape index (κ2) is 8.56. The Morgan fingerprint density at radius 1 is 0.969 bits per heavy atom. The first-order chi connectivity index (χ1) is 15.1. The van der Waals surface area contributed by atoms with Crippen molar-refractivity contribution in [1.82, 2.24) is 5.32 Å². The fourth-order valence-corrected chi connectivity index (χ4v) is 5.05. The lowest BCUT2D eigenvalue weighted by Gasteiger charge is -2.36. The van der Waals surface area contributed by atoms with Gasteiger partial charge in [-0.25, -0.2) is 0 Å². The number of carbonyl (C=O) groups excluding carboxylic acids is 2. The Hall–Kier alpha value is -2.32. The summed E-state index contributed by atoms with van der Waals surface area (Å²) < 4.78 is 24.8. The minimum absolute atomic E-state index is 0.115. The summed E-state index contributed by atoms with van der Waals surface area (Å²) in [6.45, 7) is 10.7. The van der Waals surface area contributed by atoms with Crippen molar-refractivity contribution in [2.45, 2.75) is 78.5 Å². The van der Waals surface area contributed by atoms with Gasteiger partial charge in [0, 0.05) is 28.5 Å². The zero-order valence-electron chi connectivity index (χ0n) is 19.4. The number of Topliss-reactive ketones (excluding diaryl/α,β-unsaturated/α-hetero) is 2. The zero-order chi connectivity index (χ0) is 23.2. The fraction of sp³-hybridized carbons (Fsp3) is 0.520. The van der Waals surface area contributed by atoms with E-state index < -0.39 is 36.3 Å². The second-order valence-electron chi connectivity index (χ2n) is 9.12. The van der Waals surface area contributed by atoms with Crippen LogP contribution >= 0.6 is 0 Å².